The topological polar surface area (TPSA) is 32.3 Å². The number of nitrogens with one attached hydrogen (secondary N) is 1. The summed E-state index contributed by atoms with van der Waals surface area (Å²) in [6.07, 6.45) is 2.07. The van der Waals surface area contributed by atoms with Crippen LogP contribution in [0.2, 0.25) is 0 Å². The molecule has 1 aliphatic heterocycles. The molecule has 3 nitrogen and oxygen atoms in total. The molecule has 1 fully saturated rings. The highest BCUT2D eigenvalue weighted by molar-refractivity contribution is 5.79. The van der Waals surface area contributed by atoms with E-state index < -0.39 is 5.54 Å². The monoisotopic (exact) mass is 292 g/mol. The van der Waals surface area contributed by atoms with E-state index in [9.17, 15) is 9.18 Å². The van der Waals surface area contributed by atoms with Crippen LogP contribution < -0.4 is 5.32 Å². The quantitative estimate of drug-likeness (QED) is 0.874. The highest BCUT2D eigenvalue weighted by atomic mass is 19.1. The van der Waals surface area contributed by atoms with Gasteiger partial charge in [0.1, 0.15) is 5.82 Å². The van der Waals surface area contributed by atoms with Gasteiger partial charge in [0.05, 0.1) is 11.5 Å². The van der Waals surface area contributed by atoms with Gasteiger partial charge in [0, 0.05) is 6.54 Å². The summed E-state index contributed by atoms with van der Waals surface area (Å²) in [5.41, 5.74) is 0.420. The molecule has 0 radical (unpaired) electrons. The molecule has 116 valence electrons. The second-order valence-electron chi connectivity index (χ2n) is 6.38. The standard InChI is InChI=1S/C17H25FN2O/c1-4-13(12-20-10-5-11-20)16(21)19-17(2,3)14-6-8-15(18)9-7-14/h6-9,13H,4-5,10-12H2,1-3H3,(H,19,21). The minimum absolute atomic E-state index is 0.0185. The highest BCUT2D eigenvalue weighted by Gasteiger charge is 2.28. The Bertz CT molecular complexity index is 480. The van der Waals surface area contributed by atoms with Crippen LogP contribution in [0, 0.1) is 11.7 Å². The number of benzene rings is 1. The molecule has 1 saturated heterocycles. The van der Waals surface area contributed by atoms with Crippen LogP contribution in [0.5, 0.6) is 0 Å². The van der Waals surface area contributed by atoms with E-state index in [0.717, 1.165) is 31.6 Å². The van der Waals surface area contributed by atoms with Crippen LogP contribution in [-0.4, -0.2) is 30.4 Å². The largest absolute Gasteiger partial charge is 0.347 e. The number of carbonyl (C=O) groups excluding carboxylic acids is 1. The van der Waals surface area contributed by atoms with Gasteiger partial charge in [-0.2, -0.15) is 0 Å². The van der Waals surface area contributed by atoms with Crippen LogP contribution in [0.4, 0.5) is 4.39 Å². The average Bonchev–Trinajstić information content (AvgIpc) is 2.37. The Morgan fingerprint density at radius 2 is 1.95 bits per heavy atom. The summed E-state index contributed by atoms with van der Waals surface area (Å²) in [7, 11) is 0. The SMILES string of the molecule is CCC(CN1CCC1)C(=O)NC(C)(C)c1ccc(F)cc1. The van der Waals surface area contributed by atoms with Gasteiger partial charge >= 0.3 is 0 Å². The van der Waals surface area contributed by atoms with E-state index >= 15 is 0 Å². The van der Waals surface area contributed by atoms with Gasteiger partial charge in [0.25, 0.3) is 0 Å². The second kappa shape index (κ2) is 6.56. The van der Waals surface area contributed by atoms with Crippen molar-refractivity contribution >= 4 is 5.91 Å². The van der Waals surface area contributed by atoms with Gasteiger partial charge in [-0.15, -0.1) is 0 Å². The van der Waals surface area contributed by atoms with E-state index in [0.29, 0.717) is 0 Å². The summed E-state index contributed by atoms with van der Waals surface area (Å²) in [6, 6.07) is 6.32. The van der Waals surface area contributed by atoms with Crippen molar-refractivity contribution in [3.8, 4) is 0 Å². The van der Waals surface area contributed by atoms with E-state index in [-0.39, 0.29) is 17.6 Å². The molecular weight excluding hydrogens is 267 g/mol. The molecule has 2 rings (SSSR count). The smallest absolute Gasteiger partial charge is 0.225 e. The number of rotatable bonds is 6. The lowest BCUT2D eigenvalue weighted by Gasteiger charge is -2.35. The maximum Gasteiger partial charge on any atom is 0.225 e. The average molecular weight is 292 g/mol. The Hall–Kier alpha value is -1.42. The molecule has 0 aliphatic carbocycles. The van der Waals surface area contributed by atoms with E-state index in [4.69, 9.17) is 0 Å². The van der Waals surface area contributed by atoms with Crippen molar-refractivity contribution in [2.45, 2.75) is 39.2 Å². The molecule has 1 aromatic rings. The summed E-state index contributed by atoms with van der Waals surface area (Å²) >= 11 is 0. The van der Waals surface area contributed by atoms with Crippen molar-refractivity contribution in [3.63, 3.8) is 0 Å². The van der Waals surface area contributed by atoms with E-state index in [1.807, 2.05) is 13.8 Å². The zero-order chi connectivity index (χ0) is 15.5. The Kier molecular flexibility index (Phi) is 4.99. The minimum atomic E-state index is -0.493. The number of carbonyl (C=O) groups is 1. The van der Waals surface area contributed by atoms with E-state index in [1.165, 1.54) is 18.6 Å². The molecule has 1 aromatic carbocycles. The lowest BCUT2D eigenvalue weighted by molar-refractivity contribution is -0.127. The predicted octanol–water partition coefficient (Wildman–Crippen LogP) is 2.91. The van der Waals surface area contributed by atoms with Gasteiger partial charge in [-0.1, -0.05) is 19.1 Å². The zero-order valence-corrected chi connectivity index (χ0v) is 13.2. The fourth-order valence-electron chi connectivity index (χ4n) is 2.62. The number of nitrogens with zero attached hydrogens (tertiary/aromatic N) is 1. The fourth-order valence-corrected chi connectivity index (χ4v) is 2.62. The third-order valence-corrected chi connectivity index (χ3v) is 4.29. The molecule has 4 heteroatoms. The number of hydrogen-bond donors (Lipinski definition) is 1. The lowest BCUT2D eigenvalue weighted by Crippen LogP contribution is -2.48. The van der Waals surface area contributed by atoms with Crippen molar-refractivity contribution in [1.29, 1.82) is 0 Å². The van der Waals surface area contributed by atoms with E-state index in [2.05, 4.69) is 17.1 Å². The van der Waals surface area contributed by atoms with Crippen LogP contribution in [0.25, 0.3) is 0 Å². The number of halogens is 1. The predicted molar refractivity (Wildman–Crippen MR) is 82.4 cm³/mol. The van der Waals surface area contributed by atoms with Gasteiger partial charge in [-0.3, -0.25) is 4.79 Å². The first-order valence-electron chi connectivity index (χ1n) is 7.73. The summed E-state index contributed by atoms with van der Waals surface area (Å²) in [6.45, 7) is 9.00. The maximum atomic E-state index is 13.0. The molecule has 0 saturated carbocycles. The molecule has 0 bridgehead atoms. The van der Waals surface area contributed by atoms with Crippen molar-refractivity contribution in [1.82, 2.24) is 10.2 Å². The van der Waals surface area contributed by atoms with Crippen LogP contribution in [0.3, 0.4) is 0 Å². The van der Waals surface area contributed by atoms with Crippen molar-refractivity contribution < 1.29 is 9.18 Å². The second-order valence-corrected chi connectivity index (χ2v) is 6.38. The summed E-state index contributed by atoms with van der Waals surface area (Å²) in [5.74, 6) is -0.158. The molecule has 1 aliphatic rings. The third-order valence-electron chi connectivity index (χ3n) is 4.29. The molecule has 21 heavy (non-hydrogen) atoms. The Balaban J connectivity index is 1.99. The first-order valence-corrected chi connectivity index (χ1v) is 7.73. The molecule has 0 spiro atoms. The number of amides is 1. The lowest BCUT2D eigenvalue weighted by atomic mass is 9.92. The first-order chi connectivity index (χ1) is 9.92. The van der Waals surface area contributed by atoms with Gasteiger partial charge in [-0.25, -0.2) is 4.39 Å². The Morgan fingerprint density at radius 1 is 1.33 bits per heavy atom. The van der Waals surface area contributed by atoms with Gasteiger partial charge in [0.15, 0.2) is 0 Å². The zero-order valence-electron chi connectivity index (χ0n) is 13.2. The van der Waals surface area contributed by atoms with Crippen molar-refractivity contribution in [3.05, 3.63) is 35.6 Å². The first kappa shape index (κ1) is 16.0. The van der Waals surface area contributed by atoms with E-state index in [1.54, 1.807) is 12.1 Å². The molecular formula is C17H25FN2O. The van der Waals surface area contributed by atoms with Gasteiger partial charge in [-0.05, 0) is 57.5 Å². The molecule has 0 aromatic heterocycles. The maximum absolute atomic E-state index is 13.0. The molecule has 1 atom stereocenters. The van der Waals surface area contributed by atoms with Crippen LogP contribution >= 0.6 is 0 Å². The molecule has 1 unspecified atom stereocenters. The summed E-state index contributed by atoms with van der Waals surface area (Å²) in [5, 5.41) is 3.11. The van der Waals surface area contributed by atoms with Crippen LogP contribution in [0.15, 0.2) is 24.3 Å². The van der Waals surface area contributed by atoms with Gasteiger partial charge < -0.3 is 10.2 Å². The van der Waals surface area contributed by atoms with Crippen LogP contribution in [-0.2, 0) is 10.3 Å². The molecule has 1 heterocycles. The van der Waals surface area contributed by atoms with Crippen molar-refractivity contribution in [2.24, 2.45) is 5.92 Å². The summed E-state index contributed by atoms with van der Waals surface area (Å²) < 4.78 is 13.0. The van der Waals surface area contributed by atoms with Crippen LogP contribution in [0.1, 0.15) is 39.2 Å². The Morgan fingerprint density at radius 3 is 2.43 bits per heavy atom. The molecule has 1 N–H and O–H groups in total. The number of hydrogen-bond acceptors (Lipinski definition) is 2. The van der Waals surface area contributed by atoms with Gasteiger partial charge in [0.2, 0.25) is 5.91 Å². The molecule has 1 amide bonds. The Labute approximate surface area is 126 Å². The normalized spacial score (nSPS) is 17.1. The fraction of sp³-hybridized carbons (Fsp3) is 0.588. The number of likely N-dealkylation sites (tertiary alicyclic amines) is 1. The minimum Gasteiger partial charge on any atom is -0.347 e. The highest BCUT2D eigenvalue weighted by Crippen LogP contribution is 2.22. The summed E-state index contributed by atoms with van der Waals surface area (Å²) in [4.78, 5) is 14.8. The third kappa shape index (κ3) is 4.03. The van der Waals surface area contributed by atoms with Crippen molar-refractivity contribution in [2.75, 3.05) is 19.6 Å².